The van der Waals surface area contributed by atoms with E-state index in [0.29, 0.717) is 19.0 Å². The van der Waals surface area contributed by atoms with Gasteiger partial charge in [0.2, 0.25) is 10.0 Å². The Morgan fingerprint density at radius 3 is 2.65 bits per heavy atom. The summed E-state index contributed by atoms with van der Waals surface area (Å²) in [7, 11) is -1.65. The summed E-state index contributed by atoms with van der Waals surface area (Å²) in [5, 5.41) is 6.34. The van der Waals surface area contributed by atoms with Gasteiger partial charge in [0.1, 0.15) is 0 Å². The molecule has 1 heterocycles. The molecule has 0 amide bonds. The second-order valence-electron chi connectivity index (χ2n) is 6.58. The smallest absolute Gasteiger partial charge is 0.236 e. The number of rotatable bonds is 7. The van der Waals surface area contributed by atoms with Gasteiger partial charge in [-0.1, -0.05) is 18.2 Å². The summed E-state index contributed by atoms with van der Waals surface area (Å²) in [6.07, 6.45) is 2.84. The summed E-state index contributed by atoms with van der Waals surface area (Å²) >= 11 is 1.77. The normalized spacial score (nSPS) is 14.6. The quantitative estimate of drug-likeness (QED) is 0.333. The maximum Gasteiger partial charge on any atom is 0.236 e. The summed E-state index contributed by atoms with van der Waals surface area (Å²) in [5.74, 6) is 0.660. The predicted octanol–water partition coefficient (Wildman–Crippen LogP) is 2.30. The first kappa shape index (κ1) is 23.4. The third kappa shape index (κ3) is 6.19. The Kier molecular flexibility index (Phi) is 9.01. The third-order valence-electron chi connectivity index (χ3n) is 4.29. The van der Waals surface area contributed by atoms with E-state index in [1.165, 1.54) is 4.31 Å². The standard InChI is InChI=1S/C17H28N4O2S2.HI/c1-17(2,24-4)13-20-16(18-3)19-10-12-25(22,23)21-11-9-14-7-5-6-8-15(14)21;/h5-8H,9-13H2,1-4H3,(H2,18,19,20);1H. The summed E-state index contributed by atoms with van der Waals surface area (Å²) in [5.41, 5.74) is 1.91. The second-order valence-corrected chi connectivity index (χ2v) is 10.1. The number of thioether (sulfide) groups is 1. The number of nitrogens with zero attached hydrogens (tertiary/aromatic N) is 2. The molecule has 0 saturated carbocycles. The van der Waals surface area contributed by atoms with Gasteiger partial charge in [0, 0.05) is 31.4 Å². The Hall–Kier alpha value is -0.680. The second kappa shape index (κ2) is 10.0. The number of halogens is 1. The van der Waals surface area contributed by atoms with Crippen LogP contribution in [0.1, 0.15) is 19.4 Å². The highest BCUT2D eigenvalue weighted by molar-refractivity contribution is 14.0. The highest BCUT2D eigenvalue weighted by Crippen LogP contribution is 2.29. The van der Waals surface area contributed by atoms with Crippen molar-refractivity contribution in [3.8, 4) is 0 Å². The van der Waals surface area contributed by atoms with Crippen LogP contribution >= 0.6 is 35.7 Å². The average Bonchev–Trinajstić information content (AvgIpc) is 3.03. The molecule has 148 valence electrons. The molecule has 1 aromatic carbocycles. The van der Waals surface area contributed by atoms with Crippen LogP contribution in [0.4, 0.5) is 5.69 Å². The topological polar surface area (TPSA) is 73.8 Å². The van der Waals surface area contributed by atoms with Crippen LogP contribution in [0.15, 0.2) is 29.3 Å². The van der Waals surface area contributed by atoms with Gasteiger partial charge >= 0.3 is 0 Å². The molecule has 0 spiro atoms. The average molecular weight is 512 g/mol. The Morgan fingerprint density at radius 1 is 1.31 bits per heavy atom. The molecule has 1 aromatic rings. The molecule has 1 aliphatic rings. The zero-order valence-electron chi connectivity index (χ0n) is 15.8. The Balaban J connectivity index is 0.00000338. The van der Waals surface area contributed by atoms with Gasteiger partial charge in [-0.25, -0.2) is 8.42 Å². The van der Waals surface area contributed by atoms with E-state index in [-0.39, 0.29) is 34.5 Å². The Labute approximate surface area is 178 Å². The summed E-state index contributed by atoms with van der Waals surface area (Å²) < 4.78 is 26.9. The van der Waals surface area contributed by atoms with Crippen LogP contribution in [0.2, 0.25) is 0 Å². The molecule has 0 aromatic heterocycles. The fourth-order valence-corrected chi connectivity index (χ4v) is 4.24. The van der Waals surface area contributed by atoms with E-state index >= 15 is 0 Å². The molecule has 0 radical (unpaired) electrons. The van der Waals surface area contributed by atoms with Crippen molar-refractivity contribution >= 4 is 57.4 Å². The summed E-state index contributed by atoms with van der Waals surface area (Å²) in [6, 6.07) is 7.69. The van der Waals surface area contributed by atoms with Gasteiger partial charge in [-0.2, -0.15) is 11.8 Å². The van der Waals surface area contributed by atoms with Gasteiger partial charge in [-0.15, -0.1) is 24.0 Å². The van der Waals surface area contributed by atoms with Gasteiger partial charge in [0.15, 0.2) is 5.96 Å². The number of fused-ring (bicyclic) bond motifs is 1. The molecular formula is C17H29IN4O2S2. The van der Waals surface area contributed by atoms with Crippen LogP contribution in [-0.2, 0) is 16.4 Å². The summed E-state index contributed by atoms with van der Waals surface area (Å²) in [6.45, 7) is 5.89. The van der Waals surface area contributed by atoms with E-state index < -0.39 is 10.0 Å². The number of para-hydroxylation sites is 1. The largest absolute Gasteiger partial charge is 0.355 e. The molecule has 0 bridgehead atoms. The zero-order chi connectivity index (χ0) is 18.5. The number of guanidine groups is 1. The van der Waals surface area contributed by atoms with E-state index in [0.717, 1.165) is 24.2 Å². The number of sulfonamides is 1. The summed E-state index contributed by atoms with van der Waals surface area (Å²) in [4.78, 5) is 4.16. The molecule has 2 rings (SSSR count). The molecule has 26 heavy (non-hydrogen) atoms. The van der Waals surface area contributed by atoms with E-state index in [4.69, 9.17) is 0 Å². The zero-order valence-corrected chi connectivity index (χ0v) is 19.7. The lowest BCUT2D eigenvalue weighted by Crippen LogP contribution is -2.45. The van der Waals surface area contributed by atoms with E-state index in [1.54, 1.807) is 18.8 Å². The van der Waals surface area contributed by atoms with Crippen molar-refractivity contribution in [2.24, 2.45) is 4.99 Å². The van der Waals surface area contributed by atoms with Gasteiger partial charge in [-0.3, -0.25) is 9.30 Å². The van der Waals surface area contributed by atoms with Crippen LogP contribution in [0.3, 0.4) is 0 Å². The van der Waals surface area contributed by atoms with E-state index in [2.05, 4.69) is 35.7 Å². The number of hydrogen-bond acceptors (Lipinski definition) is 4. The monoisotopic (exact) mass is 512 g/mol. The molecule has 0 aliphatic carbocycles. The number of anilines is 1. The maximum absolute atomic E-state index is 12.7. The van der Waals surface area contributed by atoms with Crippen molar-refractivity contribution in [2.75, 3.05) is 43.0 Å². The van der Waals surface area contributed by atoms with Crippen molar-refractivity contribution in [3.05, 3.63) is 29.8 Å². The molecule has 6 nitrogen and oxygen atoms in total. The molecule has 9 heteroatoms. The van der Waals surface area contributed by atoms with Gasteiger partial charge in [0.25, 0.3) is 0 Å². The minimum absolute atomic E-state index is 0. The van der Waals surface area contributed by atoms with Crippen LogP contribution < -0.4 is 14.9 Å². The fraction of sp³-hybridized carbons (Fsp3) is 0.588. The molecule has 0 fully saturated rings. The van der Waals surface area contributed by atoms with Gasteiger partial charge < -0.3 is 10.6 Å². The molecule has 0 unspecified atom stereocenters. The van der Waals surface area contributed by atoms with Crippen molar-refractivity contribution in [1.82, 2.24) is 10.6 Å². The SMILES string of the molecule is CN=C(NCCS(=O)(=O)N1CCc2ccccc21)NCC(C)(C)SC.I. The minimum Gasteiger partial charge on any atom is -0.355 e. The lowest BCUT2D eigenvalue weighted by atomic mass is 10.2. The van der Waals surface area contributed by atoms with Crippen LogP contribution in [0, 0.1) is 0 Å². The van der Waals surface area contributed by atoms with Crippen LogP contribution in [0.5, 0.6) is 0 Å². The molecule has 2 N–H and O–H groups in total. The first-order valence-electron chi connectivity index (χ1n) is 8.37. The fourth-order valence-electron chi connectivity index (χ4n) is 2.59. The number of nitrogens with one attached hydrogen (secondary N) is 2. The van der Waals surface area contributed by atoms with Crippen LogP contribution in [0.25, 0.3) is 0 Å². The predicted molar refractivity (Wildman–Crippen MR) is 124 cm³/mol. The van der Waals surface area contributed by atoms with Crippen molar-refractivity contribution in [3.63, 3.8) is 0 Å². The Bertz CT molecular complexity index is 723. The van der Waals surface area contributed by atoms with Crippen molar-refractivity contribution in [2.45, 2.75) is 25.0 Å². The van der Waals surface area contributed by atoms with Crippen molar-refractivity contribution < 1.29 is 8.42 Å². The molecular weight excluding hydrogens is 483 g/mol. The van der Waals surface area contributed by atoms with Crippen LogP contribution in [-0.4, -0.2) is 57.8 Å². The first-order chi connectivity index (χ1) is 11.8. The number of benzene rings is 1. The molecule has 0 saturated heterocycles. The van der Waals surface area contributed by atoms with Crippen molar-refractivity contribution in [1.29, 1.82) is 0 Å². The molecule has 0 atom stereocenters. The highest BCUT2D eigenvalue weighted by Gasteiger charge is 2.28. The first-order valence-corrected chi connectivity index (χ1v) is 11.2. The lowest BCUT2D eigenvalue weighted by Gasteiger charge is -2.24. The lowest BCUT2D eigenvalue weighted by molar-refractivity contribution is 0.590. The van der Waals surface area contributed by atoms with E-state index in [9.17, 15) is 8.42 Å². The molecule has 1 aliphatic heterocycles. The highest BCUT2D eigenvalue weighted by atomic mass is 127. The van der Waals surface area contributed by atoms with E-state index in [1.807, 2.05) is 24.3 Å². The minimum atomic E-state index is -3.34. The Morgan fingerprint density at radius 2 is 2.00 bits per heavy atom. The van der Waals surface area contributed by atoms with Gasteiger partial charge in [0.05, 0.1) is 11.4 Å². The maximum atomic E-state index is 12.7. The number of hydrogen-bond donors (Lipinski definition) is 2. The third-order valence-corrected chi connectivity index (χ3v) is 7.31. The van der Waals surface area contributed by atoms with Gasteiger partial charge in [-0.05, 0) is 38.2 Å². The number of aliphatic imine (C=N–C) groups is 1.